The highest BCUT2D eigenvalue weighted by Gasteiger charge is 2.19. The number of ether oxygens (including phenoxy) is 1. The molecule has 0 bridgehead atoms. The first kappa shape index (κ1) is 20.0. The number of aryl methyl sites for hydroxylation is 1. The van der Waals surface area contributed by atoms with Crippen molar-refractivity contribution in [2.24, 2.45) is 0 Å². The molecule has 3 nitrogen and oxygen atoms in total. The van der Waals surface area contributed by atoms with Crippen LogP contribution >= 0.6 is 35.0 Å². The number of thioether (sulfide) groups is 1. The molecule has 0 aliphatic rings. The van der Waals surface area contributed by atoms with Crippen LogP contribution in [0.25, 0.3) is 0 Å². The van der Waals surface area contributed by atoms with Crippen LogP contribution in [-0.4, -0.2) is 21.8 Å². The third-order valence-electron chi connectivity index (χ3n) is 3.72. The van der Waals surface area contributed by atoms with Crippen LogP contribution in [0.3, 0.4) is 0 Å². The van der Waals surface area contributed by atoms with Crippen molar-refractivity contribution in [3.63, 3.8) is 0 Å². The van der Waals surface area contributed by atoms with Gasteiger partial charge in [-0.2, -0.15) is 0 Å². The van der Waals surface area contributed by atoms with E-state index in [1.807, 2.05) is 13.1 Å². The summed E-state index contributed by atoms with van der Waals surface area (Å²) in [6.07, 6.45) is 2.37. The number of aromatic nitrogens is 2. The van der Waals surface area contributed by atoms with Crippen molar-refractivity contribution in [2.45, 2.75) is 23.5 Å². The number of hydrogen-bond donors (Lipinski definition) is 1. The zero-order chi connectivity index (χ0) is 19.4. The van der Waals surface area contributed by atoms with Gasteiger partial charge in [-0.25, -0.2) is 13.8 Å². The zero-order valence-corrected chi connectivity index (χ0v) is 16.6. The number of hydrogen-bond acceptors (Lipinski definition) is 3. The van der Waals surface area contributed by atoms with Gasteiger partial charge in [-0.15, -0.1) is 11.8 Å². The molecular formula is C19H16Cl2F2N2OS. The minimum atomic E-state index is -0.745. The molecule has 8 heteroatoms. The van der Waals surface area contributed by atoms with Crippen molar-refractivity contribution in [3.8, 4) is 5.75 Å². The molecule has 0 aliphatic heterocycles. The summed E-state index contributed by atoms with van der Waals surface area (Å²) in [5.41, 5.74) is 0.844. The van der Waals surface area contributed by atoms with Gasteiger partial charge in [0.05, 0.1) is 15.7 Å². The maximum Gasteiger partial charge on any atom is 0.167 e. The number of nitrogens with zero attached hydrogens (tertiary/aromatic N) is 1. The molecule has 1 N–H and O–H groups in total. The Morgan fingerprint density at radius 2 is 1.93 bits per heavy atom. The van der Waals surface area contributed by atoms with Crippen molar-refractivity contribution >= 4 is 35.0 Å². The fraction of sp³-hybridized carbons (Fsp3) is 0.211. The Bertz CT molecular complexity index is 916. The highest BCUT2D eigenvalue weighted by Crippen LogP contribution is 2.37. The van der Waals surface area contributed by atoms with Gasteiger partial charge in [0.2, 0.25) is 0 Å². The summed E-state index contributed by atoms with van der Waals surface area (Å²) < 4.78 is 32.5. The number of halogens is 4. The highest BCUT2D eigenvalue weighted by atomic mass is 35.5. The van der Waals surface area contributed by atoms with Crippen LogP contribution in [0.4, 0.5) is 8.78 Å². The number of imidazole rings is 1. The molecular weight excluding hydrogens is 413 g/mol. The molecule has 0 aliphatic carbocycles. The lowest BCUT2D eigenvalue weighted by Gasteiger charge is -2.18. The van der Waals surface area contributed by atoms with Crippen LogP contribution in [0.15, 0.2) is 47.5 Å². The maximum absolute atomic E-state index is 13.9. The predicted octanol–water partition coefficient (Wildman–Crippen LogP) is 6.09. The summed E-state index contributed by atoms with van der Waals surface area (Å²) in [6, 6.07) is 8.50. The number of H-pyrrole nitrogens is 1. The van der Waals surface area contributed by atoms with E-state index >= 15 is 0 Å². The molecule has 3 rings (SSSR count). The third-order valence-corrected chi connectivity index (χ3v) is 5.88. The second kappa shape index (κ2) is 8.95. The van der Waals surface area contributed by atoms with Gasteiger partial charge in [-0.05, 0) is 31.2 Å². The highest BCUT2D eigenvalue weighted by molar-refractivity contribution is 8.00. The maximum atomic E-state index is 13.9. The van der Waals surface area contributed by atoms with E-state index < -0.39 is 11.6 Å². The van der Waals surface area contributed by atoms with Gasteiger partial charge in [0, 0.05) is 28.8 Å². The fourth-order valence-electron chi connectivity index (χ4n) is 2.48. The Morgan fingerprint density at radius 1 is 1.19 bits per heavy atom. The van der Waals surface area contributed by atoms with Crippen molar-refractivity contribution in [2.75, 3.05) is 6.61 Å². The van der Waals surface area contributed by atoms with E-state index in [0.717, 1.165) is 28.5 Å². The second-order valence-electron chi connectivity index (χ2n) is 5.86. The molecule has 0 saturated carbocycles. The molecule has 1 aromatic heterocycles. The van der Waals surface area contributed by atoms with Gasteiger partial charge in [0.25, 0.3) is 0 Å². The first-order valence-corrected chi connectivity index (χ1v) is 9.75. The Morgan fingerprint density at radius 3 is 2.56 bits per heavy atom. The third kappa shape index (κ3) is 5.37. The minimum Gasteiger partial charge on any atom is -0.489 e. The van der Waals surface area contributed by atoms with Crippen LogP contribution in [0.5, 0.6) is 5.75 Å². The van der Waals surface area contributed by atoms with Gasteiger partial charge in [0.1, 0.15) is 18.2 Å². The van der Waals surface area contributed by atoms with Gasteiger partial charge in [-0.3, -0.25) is 0 Å². The summed E-state index contributed by atoms with van der Waals surface area (Å²) in [4.78, 5) is 8.17. The SMILES string of the molecule is Cc1nc(CC(COc2ccc(F)cc2F)Sc2c(Cl)cccc2Cl)c[nH]1. The molecule has 0 radical (unpaired) electrons. The topological polar surface area (TPSA) is 37.9 Å². The smallest absolute Gasteiger partial charge is 0.167 e. The van der Waals surface area contributed by atoms with Gasteiger partial charge >= 0.3 is 0 Å². The monoisotopic (exact) mass is 428 g/mol. The molecule has 2 aromatic carbocycles. The molecule has 0 spiro atoms. The average Bonchev–Trinajstić information content (AvgIpc) is 3.02. The largest absolute Gasteiger partial charge is 0.489 e. The fourth-order valence-corrected chi connectivity index (χ4v) is 4.23. The Hall–Kier alpha value is -1.76. The van der Waals surface area contributed by atoms with E-state index in [-0.39, 0.29) is 17.6 Å². The average molecular weight is 429 g/mol. The summed E-state index contributed by atoms with van der Waals surface area (Å²) in [5, 5.41) is 0.918. The predicted molar refractivity (Wildman–Crippen MR) is 105 cm³/mol. The van der Waals surface area contributed by atoms with Crippen LogP contribution in [0.1, 0.15) is 11.5 Å². The zero-order valence-electron chi connectivity index (χ0n) is 14.3. The number of aromatic amines is 1. The van der Waals surface area contributed by atoms with E-state index in [9.17, 15) is 8.78 Å². The van der Waals surface area contributed by atoms with Crippen molar-refractivity contribution < 1.29 is 13.5 Å². The van der Waals surface area contributed by atoms with Crippen LogP contribution in [-0.2, 0) is 6.42 Å². The lowest BCUT2D eigenvalue weighted by molar-refractivity contribution is 0.299. The van der Waals surface area contributed by atoms with E-state index in [0.29, 0.717) is 16.5 Å². The molecule has 1 unspecified atom stereocenters. The van der Waals surface area contributed by atoms with E-state index in [1.54, 1.807) is 18.2 Å². The number of nitrogens with one attached hydrogen (secondary N) is 1. The molecule has 27 heavy (non-hydrogen) atoms. The Labute approximate surface area is 170 Å². The van der Waals surface area contributed by atoms with Gasteiger partial charge in [0.15, 0.2) is 11.6 Å². The molecule has 1 atom stereocenters. The van der Waals surface area contributed by atoms with Gasteiger partial charge in [-0.1, -0.05) is 29.3 Å². The van der Waals surface area contributed by atoms with Crippen LogP contribution < -0.4 is 4.74 Å². The summed E-state index contributed by atoms with van der Waals surface area (Å²) >= 11 is 14.0. The second-order valence-corrected chi connectivity index (χ2v) is 7.98. The number of rotatable bonds is 7. The van der Waals surface area contributed by atoms with Crippen LogP contribution in [0.2, 0.25) is 10.0 Å². The molecule has 0 saturated heterocycles. The van der Waals surface area contributed by atoms with Crippen molar-refractivity contribution in [1.82, 2.24) is 9.97 Å². The summed E-state index contributed by atoms with van der Waals surface area (Å²) in [5.74, 6) is -0.605. The molecule has 3 aromatic rings. The number of benzene rings is 2. The molecule has 0 fully saturated rings. The minimum absolute atomic E-state index is 0.00883. The van der Waals surface area contributed by atoms with Crippen molar-refractivity contribution in [1.29, 1.82) is 0 Å². The normalized spacial score (nSPS) is 12.2. The van der Waals surface area contributed by atoms with Gasteiger partial charge < -0.3 is 9.72 Å². The van der Waals surface area contributed by atoms with E-state index in [1.165, 1.54) is 17.8 Å². The first-order valence-electron chi connectivity index (χ1n) is 8.12. The lowest BCUT2D eigenvalue weighted by atomic mass is 10.2. The first-order chi connectivity index (χ1) is 12.9. The van der Waals surface area contributed by atoms with E-state index in [2.05, 4.69) is 9.97 Å². The van der Waals surface area contributed by atoms with E-state index in [4.69, 9.17) is 27.9 Å². The lowest BCUT2D eigenvalue weighted by Crippen LogP contribution is -2.18. The summed E-state index contributed by atoms with van der Waals surface area (Å²) in [6.45, 7) is 2.03. The van der Waals surface area contributed by atoms with Crippen LogP contribution in [0, 0.1) is 18.6 Å². The molecule has 142 valence electrons. The quantitative estimate of drug-likeness (QED) is 0.462. The standard InChI is InChI=1S/C19H16Cl2F2N2OS/c1-11-24-9-13(25-11)8-14(27-19-15(20)3-2-4-16(19)21)10-26-18-6-5-12(22)7-17(18)23/h2-7,9,14H,8,10H2,1H3,(H,24,25). The van der Waals surface area contributed by atoms with Crippen molar-refractivity contribution in [3.05, 3.63) is 75.8 Å². The summed E-state index contributed by atoms with van der Waals surface area (Å²) in [7, 11) is 0. The Balaban J connectivity index is 1.78. The Kier molecular flexibility index (Phi) is 6.63. The molecule has 0 amide bonds. The molecule has 1 heterocycles.